The Morgan fingerprint density at radius 1 is 0.698 bits per heavy atom. The Hall–Kier alpha value is -2.07. The van der Waals surface area contributed by atoms with E-state index in [1.54, 1.807) is 0 Å². The molecule has 10 nitrogen and oxygen atoms in total. The van der Waals surface area contributed by atoms with Crippen LogP contribution in [0.25, 0.3) is 0 Å². The molecule has 0 N–H and O–H groups in total. The van der Waals surface area contributed by atoms with Gasteiger partial charge < -0.3 is 32.6 Å². The van der Waals surface area contributed by atoms with Crippen LogP contribution in [0.1, 0.15) is 142 Å². The molecule has 0 aliphatic carbocycles. The summed E-state index contributed by atoms with van der Waals surface area (Å²) in [6.07, 6.45) is 36.1. The number of phosphoric acid groups is 1. The van der Waals surface area contributed by atoms with E-state index < -0.39 is 32.5 Å². The number of hydrogen-bond acceptors (Lipinski definition) is 9. The van der Waals surface area contributed by atoms with Gasteiger partial charge in [-0.25, -0.2) is 0 Å². The van der Waals surface area contributed by atoms with E-state index in [-0.39, 0.29) is 26.1 Å². The number of rotatable bonds is 35. The van der Waals surface area contributed by atoms with Gasteiger partial charge in [0.1, 0.15) is 19.8 Å². The zero-order valence-electron chi connectivity index (χ0n) is 33.9. The molecule has 306 valence electrons. The Morgan fingerprint density at radius 3 is 1.83 bits per heavy atom. The lowest BCUT2D eigenvalue weighted by Crippen LogP contribution is -2.37. The van der Waals surface area contributed by atoms with Gasteiger partial charge in [0.15, 0.2) is 6.10 Å². The topological polar surface area (TPSA) is 124 Å². The summed E-state index contributed by atoms with van der Waals surface area (Å²) in [5, 5.41) is 0. The van der Waals surface area contributed by atoms with E-state index in [1.165, 1.54) is 51.4 Å². The highest BCUT2D eigenvalue weighted by Gasteiger charge is 2.36. The average molecular weight is 768 g/mol. The summed E-state index contributed by atoms with van der Waals surface area (Å²) in [6.45, 7) is 4.00. The third kappa shape index (κ3) is 31.9. The predicted octanol–water partition coefficient (Wildman–Crippen LogP) is 9.48. The summed E-state index contributed by atoms with van der Waals surface area (Å²) in [6, 6.07) is 0. The molecule has 1 aliphatic heterocycles. The lowest BCUT2D eigenvalue weighted by molar-refractivity contribution is -0.870. The van der Waals surface area contributed by atoms with Gasteiger partial charge in [-0.2, -0.15) is 0 Å². The first-order chi connectivity index (χ1) is 25.5. The van der Waals surface area contributed by atoms with Crippen LogP contribution >= 0.6 is 7.82 Å². The summed E-state index contributed by atoms with van der Waals surface area (Å²) in [7, 11) is 1.12. The number of esters is 2. The fourth-order valence-corrected chi connectivity index (χ4v) is 6.16. The molecule has 53 heavy (non-hydrogen) atoms. The predicted molar refractivity (Wildman–Crippen MR) is 212 cm³/mol. The lowest BCUT2D eigenvalue weighted by atomic mass is 10.1. The van der Waals surface area contributed by atoms with Crippen LogP contribution in [0.3, 0.4) is 0 Å². The summed E-state index contributed by atoms with van der Waals surface area (Å²) in [5.41, 5.74) is 0. The Bertz CT molecular complexity index is 1110. The van der Waals surface area contributed by atoms with Crippen LogP contribution in [0.15, 0.2) is 48.6 Å². The third-order valence-electron chi connectivity index (χ3n) is 8.77. The Kier molecular flexibility index (Phi) is 28.8. The van der Waals surface area contributed by atoms with E-state index in [1.807, 2.05) is 27.2 Å². The molecule has 1 heterocycles. The van der Waals surface area contributed by atoms with Gasteiger partial charge in [0, 0.05) is 12.8 Å². The van der Waals surface area contributed by atoms with Gasteiger partial charge in [-0.15, -0.1) is 0 Å². The van der Waals surface area contributed by atoms with Crippen molar-refractivity contribution in [1.29, 1.82) is 0 Å². The molecule has 4 atom stereocenters. The maximum absolute atomic E-state index is 12.6. The van der Waals surface area contributed by atoms with Crippen molar-refractivity contribution < 1.29 is 46.8 Å². The van der Waals surface area contributed by atoms with Crippen LogP contribution in [0.5, 0.6) is 0 Å². The van der Waals surface area contributed by atoms with Crippen molar-refractivity contribution in [2.45, 2.75) is 161 Å². The fourth-order valence-electron chi connectivity index (χ4n) is 5.44. The first-order valence-electron chi connectivity index (χ1n) is 20.5. The molecule has 0 aromatic heterocycles. The number of allylic oxidation sites excluding steroid dienone is 6. The first-order valence-corrected chi connectivity index (χ1v) is 21.9. The molecule has 0 amide bonds. The first kappa shape index (κ1) is 48.9. The average Bonchev–Trinajstić information content (AvgIpc) is 3.86. The van der Waals surface area contributed by atoms with Gasteiger partial charge in [0.25, 0.3) is 7.82 Å². The summed E-state index contributed by atoms with van der Waals surface area (Å²) in [4.78, 5) is 37.4. The summed E-state index contributed by atoms with van der Waals surface area (Å²) < 4.78 is 39.5. The van der Waals surface area contributed by atoms with Crippen molar-refractivity contribution in [3.05, 3.63) is 48.6 Å². The number of likely N-dealkylation sites (N-methyl/N-ethyl adjacent to an activating group) is 1. The molecular formula is C42H74NO9P. The summed E-state index contributed by atoms with van der Waals surface area (Å²) in [5.74, 6) is -0.912. The molecule has 0 aromatic carbocycles. The van der Waals surface area contributed by atoms with Gasteiger partial charge in [-0.3, -0.25) is 14.2 Å². The van der Waals surface area contributed by atoms with E-state index in [0.717, 1.165) is 51.4 Å². The second-order valence-corrected chi connectivity index (χ2v) is 16.4. The largest absolute Gasteiger partial charge is 0.756 e. The molecule has 0 bridgehead atoms. The minimum Gasteiger partial charge on any atom is -0.756 e. The van der Waals surface area contributed by atoms with Gasteiger partial charge in [0.05, 0.1) is 40.0 Å². The lowest BCUT2D eigenvalue weighted by Gasteiger charge is -2.28. The minimum atomic E-state index is -4.64. The summed E-state index contributed by atoms with van der Waals surface area (Å²) >= 11 is 0. The molecule has 11 heteroatoms. The van der Waals surface area contributed by atoms with Crippen molar-refractivity contribution in [2.75, 3.05) is 47.5 Å². The number of phosphoric ester groups is 1. The van der Waals surface area contributed by atoms with E-state index in [0.29, 0.717) is 36.1 Å². The van der Waals surface area contributed by atoms with Crippen LogP contribution in [-0.4, -0.2) is 82.2 Å². The SMILES string of the molecule is CC/C=C\C/C=C\CC1OC1C/C=C\C/C=C\CCCC(=O)OC(COC(=O)CCCCCCCCCCCCC)COP(=O)([O-])OCC[N+](C)(C)C. The monoisotopic (exact) mass is 768 g/mol. The van der Waals surface area contributed by atoms with E-state index in [2.05, 4.69) is 56.4 Å². The van der Waals surface area contributed by atoms with Crippen molar-refractivity contribution in [3.63, 3.8) is 0 Å². The van der Waals surface area contributed by atoms with Crippen LogP contribution in [0, 0.1) is 0 Å². The number of epoxide rings is 1. The Balaban J connectivity index is 2.36. The van der Waals surface area contributed by atoms with E-state index in [4.69, 9.17) is 23.3 Å². The number of carbonyl (C=O) groups excluding carboxylic acids is 2. The zero-order chi connectivity index (χ0) is 39.0. The highest BCUT2D eigenvalue weighted by atomic mass is 31.2. The molecular weight excluding hydrogens is 693 g/mol. The Labute approximate surface area is 322 Å². The second kappa shape index (κ2) is 31.2. The maximum Gasteiger partial charge on any atom is 0.306 e. The van der Waals surface area contributed by atoms with Crippen LogP contribution in [0.4, 0.5) is 0 Å². The Morgan fingerprint density at radius 2 is 1.25 bits per heavy atom. The number of nitrogens with zero attached hydrogens (tertiary/aromatic N) is 1. The van der Waals surface area contributed by atoms with Crippen molar-refractivity contribution in [3.8, 4) is 0 Å². The van der Waals surface area contributed by atoms with Crippen molar-refractivity contribution >= 4 is 19.8 Å². The molecule has 1 fully saturated rings. The van der Waals surface area contributed by atoms with Gasteiger partial charge in [-0.05, 0) is 51.4 Å². The minimum absolute atomic E-state index is 0.0448. The maximum atomic E-state index is 12.6. The molecule has 0 spiro atoms. The molecule has 1 saturated heterocycles. The molecule has 0 saturated carbocycles. The molecule has 0 aromatic rings. The van der Waals surface area contributed by atoms with Crippen molar-refractivity contribution in [2.24, 2.45) is 0 Å². The fraction of sp³-hybridized carbons (Fsp3) is 0.762. The van der Waals surface area contributed by atoms with E-state index >= 15 is 0 Å². The van der Waals surface area contributed by atoms with Crippen LogP contribution in [-0.2, 0) is 37.4 Å². The molecule has 4 unspecified atom stereocenters. The van der Waals surface area contributed by atoms with Crippen LogP contribution in [0.2, 0.25) is 0 Å². The van der Waals surface area contributed by atoms with Gasteiger partial charge >= 0.3 is 11.9 Å². The standard InChI is InChI=1S/C42H74NO9P/c1-6-8-10-12-14-15-16-17-20-24-28-32-41(44)48-36-38(37-50-53(46,47)49-35-34-43(3,4)5)51-42(45)33-29-25-21-18-19-23-27-31-40-39(52-40)30-26-22-13-11-9-7-2/h9,11,18,21-23,26-27,38-40H,6-8,10,12-17,19-20,24-25,28-37H2,1-5H3/b11-9-,21-18-,26-22-,27-23-. The van der Waals surface area contributed by atoms with Gasteiger partial charge in [-0.1, -0.05) is 127 Å². The smallest absolute Gasteiger partial charge is 0.306 e. The third-order valence-corrected chi connectivity index (χ3v) is 9.73. The van der Waals surface area contributed by atoms with Crippen molar-refractivity contribution in [1.82, 2.24) is 0 Å². The highest BCUT2D eigenvalue weighted by molar-refractivity contribution is 7.45. The molecule has 1 aliphatic rings. The quantitative estimate of drug-likeness (QED) is 0.0155. The van der Waals surface area contributed by atoms with Gasteiger partial charge in [0.2, 0.25) is 0 Å². The zero-order valence-corrected chi connectivity index (χ0v) is 34.8. The second-order valence-electron chi connectivity index (χ2n) is 15.0. The number of hydrogen-bond donors (Lipinski definition) is 0. The number of quaternary nitrogens is 1. The number of ether oxygens (including phenoxy) is 3. The highest BCUT2D eigenvalue weighted by Crippen LogP contribution is 2.38. The number of carbonyl (C=O) groups is 2. The van der Waals surface area contributed by atoms with E-state index in [9.17, 15) is 19.0 Å². The number of unbranched alkanes of at least 4 members (excludes halogenated alkanes) is 11. The molecule has 1 rings (SSSR count). The molecule has 0 radical (unpaired) electrons. The van der Waals surface area contributed by atoms with Crippen LogP contribution < -0.4 is 4.89 Å². The normalized spacial score (nSPS) is 18.0.